The quantitative estimate of drug-likeness (QED) is 0.458. The molecule has 0 bridgehead atoms. The van der Waals surface area contributed by atoms with Crippen molar-refractivity contribution in [1.82, 2.24) is 35.1 Å². The Labute approximate surface area is 141 Å². The normalized spacial score (nSPS) is 11.4. The van der Waals surface area contributed by atoms with E-state index in [1.165, 1.54) is 0 Å². The number of pyridine rings is 3. The summed E-state index contributed by atoms with van der Waals surface area (Å²) < 4.78 is 0. The molecule has 0 unspecified atom stereocenters. The number of H-pyrrole nitrogens is 2. The number of aromatic nitrogens is 7. The fraction of sp³-hybridized carbons (Fsp3) is 0. The minimum Gasteiger partial charge on any atom is -0.397 e. The Hall–Kier alpha value is -3.81. The van der Waals surface area contributed by atoms with Crippen LogP contribution < -0.4 is 5.73 Å². The molecule has 5 aromatic heterocycles. The zero-order valence-electron chi connectivity index (χ0n) is 12.9. The first kappa shape index (κ1) is 13.6. The maximum absolute atomic E-state index is 5.83. The molecule has 0 radical (unpaired) electrons. The van der Waals surface area contributed by atoms with Crippen LogP contribution in [0.2, 0.25) is 0 Å². The molecular weight excluding hydrogens is 316 g/mol. The van der Waals surface area contributed by atoms with Gasteiger partial charge in [-0.25, -0.2) is 15.0 Å². The average molecular weight is 328 g/mol. The number of imidazole rings is 1. The Morgan fingerprint density at radius 2 is 1.88 bits per heavy atom. The molecule has 0 atom stereocenters. The van der Waals surface area contributed by atoms with E-state index < -0.39 is 0 Å². The highest BCUT2D eigenvalue weighted by Crippen LogP contribution is 2.28. The Morgan fingerprint density at radius 1 is 0.960 bits per heavy atom. The maximum Gasteiger partial charge on any atom is 0.161 e. The molecular formula is C17H12N8. The fourth-order valence-corrected chi connectivity index (χ4v) is 2.81. The Balaban J connectivity index is 1.70. The van der Waals surface area contributed by atoms with E-state index in [0.29, 0.717) is 22.9 Å². The highest BCUT2D eigenvalue weighted by molar-refractivity contribution is 5.93. The first-order valence-electron chi connectivity index (χ1n) is 7.64. The summed E-state index contributed by atoms with van der Waals surface area (Å²) in [6.07, 6.45) is 6.85. The van der Waals surface area contributed by atoms with Crippen molar-refractivity contribution in [3.63, 3.8) is 0 Å². The van der Waals surface area contributed by atoms with Crippen LogP contribution >= 0.6 is 0 Å². The Kier molecular flexibility index (Phi) is 2.78. The zero-order valence-corrected chi connectivity index (χ0v) is 12.9. The van der Waals surface area contributed by atoms with E-state index in [9.17, 15) is 0 Å². The zero-order chi connectivity index (χ0) is 16.8. The van der Waals surface area contributed by atoms with E-state index in [1.54, 1.807) is 24.8 Å². The van der Waals surface area contributed by atoms with Crippen molar-refractivity contribution in [2.45, 2.75) is 0 Å². The number of anilines is 1. The predicted octanol–water partition coefficient (Wildman–Crippen LogP) is 2.54. The van der Waals surface area contributed by atoms with Crippen molar-refractivity contribution < 1.29 is 0 Å². The molecule has 8 heteroatoms. The molecule has 0 aliphatic carbocycles. The fourth-order valence-electron chi connectivity index (χ4n) is 2.81. The molecule has 0 spiro atoms. The number of nitrogens with zero attached hydrogens (tertiary/aromatic N) is 5. The lowest BCUT2D eigenvalue weighted by Gasteiger charge is -2.02. The predicted molar refractivity (Wildman–Crippen MR) is 94.4 cm³/mol. The van der Waals surface area contributed by atoms with Crippen LogP contribution in [0.15, 0.2) is 49.1 Å². The minimum atomic E-state index is 0.605. The van der Waals surface area contributed by atoms with E-state index in [2.05, 4.69) is 35.1 Å². The van der Waals surface area contributed by atoms with Gasteiger partial charge >= 0.3 is 0 Å². The van der Waals surface area contributed by atoms with Crippen LogP contribution in [-0.2, 0) is 0 Å². The van der Waals surface area contributed by atoms with Crippen molar-refractivity contribution in [2.24, 2.45) is 0 Å². The monoisotopic (exact) mass is 328 g/mol. The largest absolute Gasteiger partial charge is 0.397 e. The van der Waals surface area contributed by atoms with Gasteiger partial charge in [-0.15, -0.1) is 0 Å². The molecule has 5 heterocycles. The van der Waals surface area contributed by atoms with Gasteiger partial charge in [0.2, 0.25) is 0 Å². The van der Waals surface area contributed by atoms with Crippen LogP contribution in [0.5, 0.6) is 0 Å². The molecule has 0 aromatic carbocycles. The molecule has 0 fully saturated rings. The summed E-state index contributed by atoms with van der Waals surface area (Å²) in [6.45, 7) is 0. The van der Waals surface area contributed by atoms with Gasteiger partial charge in [-0.05, 0) is 24.3 Å². The van der Waals surface area contributed by atoms with E-state index in [0.717, 1.165) is 27.7 Å². The summed E-state index contributed by atoms with van der Waals surface area (Å²) in [5.41, 5.74) is 11.1. The summed E-state index contributed by atoms with van der Waals surface area (Å²) in [6, 6.07) is 7.61. The van der Waals surface area contributed by atoms with Crippen LogP contribution in [0.4, 0.5) is 5.69 Å². The Bertz CT molecular complexity index is 1190. The van der Waals surface area contributed by atoms with Gasteiger partial charge in [0, 0.05) is 35.9 Å². The first-order chi connectivity index (χ1) is 12.3. The SMILES string of the molecule is Nc1cncc(-c2cnc3[nH]nc(-c4nc5cccnc5[nH]4)c3c2)c1. The van der Waals surface area contributed by atoms with E-state index in [-0.39, 0.29) is 0 Å². The van der Waals surface area contributed by atoms with Crippen molar-refractivity contribution in [3.05, 3.63) is 49.1 Å². The van der Waals surface area contributed by atoms with Gasteiger partial charge in [0.05, 0.1) is 11.1 Å². The molecule has 0 aliphatic rings. The molecule has 0 saturated heterocycles. The van der Waals surface area contributed by atoms with Crippen LogP contribution in [0, 0.1) is 0 Å². The number of nitrogen functional groups attached to an aromatic ring is 1. The summed E-state index contributed by atoms with van der Waals surface area (Å²) in [5, 5.41) is 8.16. The number of aromatic amines is 2. The lowest BCUT2D eigenvalue weighted by molar-refractivity contribution is 1.09. The van der Waals surface area contributed by atoms with Crippen molar-refractivity contribution in [2.75, 3.05) is 5.73 Å². The highest BCUT2D eigenvalue weighted by atomic mass is 15.2. The number of nitrogens with one attached hydrogen (secondary N) is 2. The second-order valence-electron chi connectivity index (χ2n) is 5.66. The summed E-state index contributed by atoms with van der Waals surface area (Å²) in [5.74, 6) is 0.643. The van der Waals surface area contributed by atoms with Gasteiger partial charge in [0.25, 0.3) is 0 Å². The minimum absolute atomic E-state index is 0.605. The molecule has 120 valence electrons. The van der Waals surface area contributed by atoms with Gasteiger partial charge in [0.15, 0.2) is 17.1 Å². The van der Waals surface area contributed by atoms with E-state index >= 15 is 0 Å². The van der Waals surface area contributed by atoms with Crippen LogP contribution in [0.3, 0.4) is 0 Å². The first-order valence-corrected chi connectivity index (χ1v) is 7.64. The second kappa shape index (κ2) is 5.10. The molecule has 5 aromatic rings. The molecule has 8 nitrogen and oxygen atoms in total. The number of rotatable bonds is 2. The number of hydrogen-bond acceptors (Lipinski definition) is 6. The molecule has 0 saturated carbocycles. The average Bonchev–Trinajstić information content (AvgIpc) is 3.24. The second-order valence-corrected chi connectivity index (χ2v) is 5.66. The standard InChI is InChI=1S/C17H12N8/c18-11-4-9(6-19-8-11)10-5-12-14(24-25-15(12)21-7-10)17-22-13-2-1-3-20-16(13)23-17/h1-8H,18H2,(H,20,22,23)(H,21,24,25). The van der Waals surface area contributed by atoms with Gasteiger partial charge in [-0.1, -0.05) is 0 Å². The van der Waals surface area contributed by atoms with Crippen molar-refractivity contribution in [3.8, 4) is 22.6 Å². The third-order valence-corrected chi connectivity index (χ3v) is 3.99. The van der Waals surface area contributed by atoms with E-state index in [1.807, 2.05) is 24.3 Å². The van der Waals surface area contributed by atoms with Crippen LogP contribution in [0.1, 0.15) is 0 Å². The van der Waals surface area contributed by atoms with Crippen LogP contribution in [0.25, 0.3) is 44.8 Å². The van der Waals surface area contributed by atoms with Crippen LogP contribution in [-0.4, -0.2) is 35.1 Å². The Morgan fingerprint density at radius 3 is 2.76 bits per heavy atom. The summed E-state index contributed by atoms with van der Waals surface area (Å²) in [7, 11) is 0. The van der Waals surface area contributed by atoms with Crippen molar-refractivity contribution >= 4 is 27.9 Å². The van der Waals surface area contributed by atoms with Gasteiger partial charge in [-0.3, -0.25) is 10.1 Å². The number of nitrogens with two attached hydrogens (primary N) is 1. The molecule has 25 heavy (non-hydrogen) atoms. The van der Waals surface area contributed by atoms with Crippen molar-refractivity contribution in [1.29, 1.82) is 0 Å². The molecule has 0 amide bonds. The molecule has 5 rings (SSSR count). The van der Waals surface area contributed by atoms with E-state index in [4.69, 9.17) is 5.73 Å². The highest BCUT2D eigenvalue weighted by Gasteiger charge is 2.14. The number of fused-ring (bicyclic) bond motifs is 2. The summed E-state index contributed by atoms with van der Waals surface area (Å²) >= 11 is 0. The number of hydrogen-bond donors (Lipinski definition) is 3. The van der Waals surface area contributed by atoms with Gasteiger partial charge < -0.3 is 10.7 Å². The third kappa shape index (κ3) is 2.19. The topological polar surface area (TPSA) is 122 Å². The smallest absolute Gasteiger partial charge is 0.161 e. The molecule has 4 N–H and O–H groups in total. The molecule has 0 aliphatic heterocycles. The lowest BCUT2D eigenvalue weighted by atomic mass is 10.1. The van der Waals surface area contributed by atoms with Gasteiger partial charge in [-0.2, -0.15) is 5.10 Å². The van der Waals surface area contributed by atoms with Gasteiger partial charge in [0.1, 0.15) is 11.2 Å². The summed E-state index contributed by atoms with van der Waals surface area (Å²) in [4.78, 5) is 20.6. The maximum atomic E-state index is 5.83. The lowest BCUT2D eigenvalue weighted by Crippen LogP contribution is -1.89. The third-order valence-electron chi connectivity index (χ3n) is 3.99.